The van der Waals surface area contributed by atoms with E-state index in [1.54, 1.807) is 0 Å². The van der Waals surface area contributed by atoms with Crippen molar-refractivity contribution in [1.82, 2.24) is 9.55 Å². The van der Waals surface area contributed by atoms with Gasteiger partial charge in [0.25, 0.3) is 0 Å². The Morgan fingerprint density at radius 2 is 2.35 bits per heavy atom. The number of hydrogen-bond acceptors (Lipinski definition) is 2. The van der Waals surface area contributed by atoms with Crippen LogP contribution < -0.4 is 0 Å². The highest BCUT2D eigenvalue weighted by Gasteiger charge is 2.18. The van der Waals surface area contributed by atoms with Crippen molar-refractivity contribution in [3.8, 4) is 0 Å². The van der Waals surface area contributed by atoms with E-state index in [1.165, 1.54) is 17.5 Å². The van der Waals surface area contributed by atoms with E-state index in [4.69, 9.17) is 21.3 Å². The molecule has 1 aromatic heterocycles. The van der Waals surface area contributed by atoms with Gasteiger partial charge in [0.1, 0.15) is 5.82 Å². The molecule has 1 atom stereocenters. The summed E-state index contributed by atoms with van der Waals surface area (Å²) in [6, 6.07) is 6.32. The lowest BCUT2D eigenvalue weighted by atomic mass is 10.1. The molecule has 0 spiro atoms. The first kappa shape index (κ1) is 13.9. The zero-order chi connectivity index (χ0) is 13.9. The fourth-order valence-corrected chi connectivity index (χ4v) is 3.22. The fraction of sp³-hybridized carbons (Fsp3) is 0.562. The Morgan fingerprint density at radius 1 is 1.45 bits per heavy atom. The predicted octanol–water partition coefficient (Wildman–Crippen LogP) is 3.55. The molecule has 3 rings (SSSR count). The van der Waals surface area contributed by atoms with Crippen molar-refractivity contribution in [2.75, 3.05) is 19.1 Å². The van der Waals surface area contributed by atoms with E-state index in [9.17, 15) is 0 Å². The highest BCUT2D eigenvalue weighted by molar-refractivity contribution is 6.17. The number of halogens is 1. The molecule has 0 aliphatic carbocycles. The van der Waals surface area contributed by atoms with E-state index < -0.39 is 0 Å². The number of para-hydroxylation sites is 1. The van der Waals surface area contributed by atoms with Gasteiger partial charge in [0.15, 0.2) is 0 Å². The van der Waals surface area contributed by atoms with E-state index in [-0.39, 0.29) is 0 Å². The number of nitrogens with zero attached hydrogens (tertiary/aromatic N) is 2. The highest BCUT2D eigenvalue weighted by atomic mass is 35.5. The van der Waals surface area contributed by atoms with Gasteiger partial charge in [-0.15, -0.1) is 11.6 Å². The zero-order valence-corrected chi connectivity index (χ0v) is 12.7. The first-order chi connectivity index (χ1) is 9.79. The second-order valence-electron chi connectivity index (χ2n) is 5.58. The molecule has 1 aliphatic heterocycles. The zero-order valence-electron chi connectivity index (χ0n) is 11.9. The van der Waals surface area contributed by atoms with Gasteiger partial charge in [0, 0.05) is 32.1 Å². The lowest BCUT2D eigenvalue weighted by Gasteiger charge is -2.12. The SMILES string of the molecule is Cc1cccc2nc(CCCl)n(CCC3CCOC3)c12. The molecule has 1 aromatic carbocycles. The minimum atomic E-state index is 0.620. The van der Waals surface area contributed by atoms with Crippen molar-refractivity contribution < 1.29 is 4.74 Å². The summed E-state index contributed by atoms with van der Waals surface area (Å²) in [5, 5.41) is 0. The Labute approximate surface area is 124 Å². The Kier molecular flexibility index (Phi) is 4.27. The quantitative estimate of drug-likeness (QED) is 0.788. The van der Waals surface area contributed by atoms with E-state index >= 15 is 0 Å². The van der Waals surface area contributed by atoms with Gasteiger partial charge in [-0.2, -0.15) is 0 Å². The number of fused-ring (bicyclic) bond motifs is 1. The van der Waals surface area contributed by atoms with Crippen LogP contribution in [0.5, 0.6) is 0 Å². The summed E-state index contributed by atoms with van der Waals surface area (Å²) in [6.07, 6.45) is 3.18. The summed E-state index contributed by atoms with van der Waals surface area (Å²) in [5.74, 6) is 2.43. The average Bonchev–Trinajstić information content (AvgIpc) is 3.05. The van der Waals surface area contributed by atoms with Gasteiger partial charge >= 0.3 is 0 Å². The molecule has 4 heteroatoms. The topological polar surface area (TPSA) is 27.1 Å². The van der Waals surface area contributed by atoms with Crippen LogP contribution in [0.15, 0.2) is 18.2 Å². The minimum absolute atomic E-state index is 0.620. The first-order valence-electron chi connectivity index (χ1n) is 7.38. The van der Waals surface area contributed by atoms with Crippen molar-refractivity contribution in [3.05, 3.63) is 29.6 Å². The van der Waals surface area contributed by atoms with Crippen molar-refractivity contribution in [3.63, 3.8) is 0 Å². The van der Waals surface area contributed by atoms with Crippen molar-refractivity contribution in [1.29, 1.82) is 0 Å². The molecule has 0 radical (unpaired) electrons. The van der Waals surface area contributed by atoms with Crippen molar-refractivity contribution >= 4 is 22.6 Å². The normalized spacial score (nSPS) is 19.0. The summed E-state index contributed by atoms with van der Waals surface area (Å²) in [6.45, 7) is 5.00. The van der Waals surface area contributed by atoms with Crippen molar-refractivity contribution in [2.45, 2.75) is 32.7 Å². The summed E-state index contributed by atoms with van der Waals surface area (Å²) in [4.78, 5) is 4.76. The highest BCUT2D eigenvalue weighted by Crippen LogP contribution is 2.24. The van der Waals surface area contributed by atoms with Gasteiger partial charge in [0.05, 0.1) is 11.0 Å². The lowest BCUT2D eigenvalue weighted by Crippen LogP contribution is -2.10. The summed E-state index contributed by atoms with van der Waals surface area (Å²) in [5.41, 5.74) is 3.65. The average molecular weight is 293 g/mol. The Hall–Kier alpha value is -1.06. The maximum Gasteiger partial charge on any atom is 0.111 e. The molecule has 1 unspecified atom stereocenters. The van der Waals surface area contributed by atoms with Gasteiger partial charge in [-0.3, -0.25) is 0 Å². The molecule has 0 N–H and O–H groups in total. The fourth-order valence-electron chi connectivity index (χ4n) is 3.05. The molecule has 1 fully saturated rings. The summed E-state index contributed by atoms with van der Waals surface area (Å²) >= 11 is 5.93. The van der Waals surface area contributed by atoms with E-state index in [2.05, 4.69) is 29.7 Å². The van der Waals surface area contributed by atoms with Gasteiger partial charge < -0.3 is 9.30 Å². The second kappa shape index (κ2) is 6.15. The van der Waals surface area contributed by atoms with E-state index in [0.29, 0.717) is 11.8 Å². The number of benzene rings is 1. The van der Waals surface area contributed by atoms with Crippen molar-refractivity contribution in [2.24, 2.45) is 5.92 Å². The molecule has 2 aromatic rings. The van der Waals surface area contributed by atoms with E-state index in [0.717, 1.165) is 43.9 Å². The summed E-state index contributed by atoms with van der Waals surface area (Å²) < 4.78 is 7.84. The number of rotatable bonds is 5. The van der Waals surface area contributed by atoms with Crippen LogP contribution in [0.4, 0.5) is 0 Å². The number of hydrogen-bond donors (Lipinski definition) is 0. The Bertz CT molecular complexity index is 587. The molecule has 0 amide bonds. The van der Waals surface area contributed by atoms with E-state index in [1.807, 2.05) is 0 Å². The number of aromatic nitrogens is 2. The van der Waals surface area contributed by atoms with Crippen LogP contribution in [0, 0.1) is 12.8 Å². The Balaban J connectivity index is 1.90. The van der Waals surface area contributed by atoms with Gasteiger partial charge in [-0.25, -0.2) is 4.98 Å². The third-order valence-electron chi connectivity index (χ3n) is 4.15. The number of alkyl halides is 1. The first-order valence-corrected chi connectivity index (χ1v) is 7.91. The van der Waals surface area contributed by atoms with Gasteiger partial charge in [0.2, 0.25) is 0 Å². The Morgan fingerprint density at radius 3 is 3.10 bits per heavy atom. The molecular formula is C16H21ClN2O. The van der Waals surface area contributed by atoms with Crippen LogP contribution in [0.2, 0.25) is 0 Å². The summed E-state index contributed by atoms with van der Waals surface area (Å²) in [7, 11) is 0. The third-order valence-corrected chi connectivity index (χ3v) is 4.34. The monoisotopic (exact) mass is 292 g/mol. The predicted molar refractivity (Wildman–Crippen MR) is 82.4 cm³/mol. The van der Waals surface area contributed by atoms with Crippen LogP contribution in [0.1, 0.15) is 24.2 Å². The number of ether oxygens (including phenoxy) is 1. The molecule has 1 aliphatic rings. The molecule has 108 valence electrons. The van der Waals surface area contributed by atoms with Crippen LogP contribution >= 0.6 is 11.6 Å². The van der Waals surface area contributed by atoms with Crippen LogP contribution in [0.25, 0.3) is 11.0 Å². The molecule has 20 heavy (non-hydrogen) atoms. The lowest BCUT2D eigenvalue weighted by molar-refractivity contribution is 0.183. The third kappa shape index (κ3) is 2.70. The number of imidazole rings is 1. The van der Waals surface area contributed by atoms with Crippen LogP contribution in [-0.4, -0.2) is 28.6 Å². The molecule has 0 saturated carbocycles. The smallest absolute Gasteiger partial charge is 0.111 e. The largest absolute Gasteiger partial charge is 0.381 e. The van der Waals surface area contributed by atoms with Gasteiger partial charge in [-0.1, -0.05) is 12.1 Å². The second-order valence-corrected chi connectivity index (χ2v) is 5.96. The molecule has 3 nitrogen and oxygen atoms in total. The minimum Gasteiger partial charge on any atom is -0.381 e. The maximum absolute atomic E-state index is 5.93. The standard InChI is InChI=1S/C16H21ClN2O/c1-12-3-2-4-14-16(12)19(15(18-14)5-8-17)9-6-13-7-10-20-11-13/h2-4,13H,5-11H2,1H3. The molecule has 1 saturated heterocycles. The van der Waals surface area contributed by atoms with Gasteiger partial charge in [-0.05, 0) is 37.3 Å². The van der Waals surface area contributed by atoms with Crippen LogP contribution in [0.3, 0.4) is 0 Å². The molecule has 0 bridgehead atoms. The molecule has 2 heterocycles. The van der Waals surface area contributed by atoms with Crippen LogP contribution in [-0.2, 0) is 17.7 Å². The maximum atomic E-state index is 5.93. The number of aryl methyl sites for hydroxylation is 3. The molecular weight excluding hydrogens is 272 g/mol.